The zero-order valence-corrected chi connectivity index (χ0v) is 11.9. The second kappa shape index (κ2) is 5.68. The Morgan fingerprint density at radius 1 is 1.39 bits per heavy atom. The average molecular weight is 265 g/mol. The Kier molecular flexibility index (Phi) is 3.97. The number of aromatic nitrogens is 1. The van der Waals surface area contributed by atoms with E-state index in [-0.39, 0.29) is 0 Å². The van der Waals surface area contributed by atoms with Crippen LogP contribution in [-0.4, -0.2) is 23.6 Å². The maximum Gasteiger partial charge on any atom is 0.0897 e. The topological polar surface area (TPSA) is 37.0 Å². The fraction of sp³-hybridized carbons (Fsp3) is 0.786. The first kappa shape index (κ1) is 12.6. The van der Waals surface area contributed by atoms with Gasteiger partial charge in [0.05, 0.1) is 5.01 Å². The quantitative estimate of drug-likeness (QED) is 0.878. The van der Waals surface area contributed by atoms with Crippen LogP contribution in [0.4, 0.5) is 0 Å². The summed E-state index contributed by atoms with van der Waals surface area (Å²) in [6.07, 6.45) is 8.90. The summed E-state index contributed by atoms with van der Waals surface area (Å²) in [5.41, 5.74) is 0. The highest BCUT2D eigenvalue weighted by Crippen LogP contribution is 2.32. The highest BCUT2D eigenvalue weighted by Gasteiger charge is 2.34. The molecule has 1 saturated carbocycles. The van der Waals surface area contributed by atoms with Crippen LogP contribution in [0.5, 0.6) is 0 Å². The van der Waals surface area contributed by atoms with Gasteiger partial charge in [-0.3, -0.25) is 0 Å². The summed E-state index contributed by atoms with van der Waals surface area (Å²) in [4.78, 5) is 5.70. The smallest absolute Gasteiger partial charge is 0.0897 e. The molecule has 3 unspecified atom stereocenters. The Balaban J connectivity index is 1.54. The van der Waals surface area contributed by atoms with Gasteiger partial charge in [-0.05, 0) is 45.1 Å². The van der Waals surface area contributed by atoms with Gasteiger partial charge in [-0.25, -0.2) is 4.98 Å². The average Bonchev–Trinajstić information content (AvgIpc) is 3.07. The molecule has 0 bridgehead atoms. The molecular formula is C14H23N3S. The molecule has 18 heavy (non-hydrogen) atoms. The fourth-order valence-electron chi connectivity index (χ4n) is 3.52. The minimum atomic E-state index is 0.711. The van der Waals surface area contributed by atoms with Gasteiger partial charge in [0.2, 0.25) is 0 Å². The van der Waals surface area contributed by atoms with Gasteiger partial charge >= 0.3 is 0 Å². The number of nitrogens with one attached hydrogen (secondary N) is 2. The minimum Gasteiger partial charge on any atom is -0.314 e. The van der Waals surface area contributed by atoms with Crippen molar-refractivity contribution in [2.24, 2.45) is 5.92 Å². The fourth-order valence-corrected chi connectivity index (χ4v) is 4.27. The number of thiazole rings is 1. The lowest BCUT2D eigenvalue weighted by Gasteiger charge is -2.26. The van der Waals surface area contributed by atoms with Gasteiger partial charge in [0, 0.05) is 29.7 Å². The summed E-state index contributed by atoms with van der Waals surface area (Å²) < 4.78 is 0. The summed E-state index contributed by atoms with van der Waals surface area (Å²) in [5, 5.41) is 8.62. The molecule has 3 nitrogen and oxygen atoms in total. The van der Waals surface area contributed by atoms with Crippen LogP contribution >= 0.6 is 11.3 Å². The van der Waals surface area contributed by atoms with Crippen LogP contribution in [0.15, 0.2) is 6.20 Å². The Bertz CT molecular complexity index is 384. The molecule has 4 heteroatoms. The summed E-state index contributed by atoms with van der Waals surface area (Å²) >= 11 is 1.82. The Morgan fingerprint density at radius 3 is 3.06 bits per heavy atom. The summed E-state index contributed by atoms with van der Waals surface area (Å²) in [6, 6.07) is 1.48. The predicted octanol–water partition coefficient (Wildman–Crippen LogP) is 2.46. The molecule has 3 rings (SSSR count). The molecule has 1 aromatic rings. The molecule has 0 radical (unpaired) electrons. The third kappa shape index (κ3) is 2.76. The number of rotatable bonds is 4. The van der Waals surface area contributed by atoms with Crippen molar-refractivity contribution in [2.75, 3.05) is 6.54 Å². The molecule has 1 aliphatic carbocycles. The molecular weight excluding hydrogens is 242 g/mol. The highest BCUT2D eigenvalue weighted by molar-refractivity contribution is 7.11. The maximum atomic E-state index is 4.32. The van der Waals surface area contributed by atoms with Gasteiger partial charge in [0.1, 0.15) is 0 Å². The number of hydrogen-bond donors (Lipinski definition) is 2. The van der Waals surface area contributed by atoms with Crippen molar-refractivity contribution in [3.8, 4) is 0 Å². The van der Waals surface area contributed by atoms with E-state index in [4.69, 9.17) is 0 Å². The lowest BCUT2D eigenvalue weighted by atomic mass is 9.93. The van der Waals surface area contributed by atoms with Crippen LogP contribution < -0.4 is 10.6 Å². The van der Waals surface area contributed by atoms with Gasteiger partial charge in [0.15, 0.2) is 0 Å². The van der Waals surface area contributed by atoms with E-state index in [1.54, 1.807) is 0 Å². The minimum absolute atomic E-state index is 0.711. The molecule has 0 spiro atoms. The normalized spacial score (nSPS) is 32.2. The standard InChI is InChI=1S/C14H23N3S/c1-10-16-8-11(18-10)9-17-14-5-2-4-12(14)13-6-3-7-15-13/h8,12-15,17H,2-7,9H2,1H3. The zero-order chi connectivity index (χ0) is 12.4. The van der Waals surface area contributed by atoms with E-state index < -0.39 is 0 Å². The van der Waals surface area contributed by atoms with E-state index in [1.165, 1.54) is 48.5 Å². The van der Waals surface area contributed by atoms with Crippen LogP contribution in [-0.2, 0) is 6.54 Å². The predicted molar refractivity (Wildman–Crippen MR) is 75.8 cm³/mol. The van der Waals surface area contributed by atoms with E-state index in [2.05, 4.69) is 22.5 Å². The van der Waals surface area contributed by atoms with E-state index >= 15 is 0 Å². The zero-order valence-electron chi connectivity index (χ0n) is 11.1. The molecule has 100 valence electrons. The van der Waals surface area contributed by atoms with E-state index in [0.717, 1.165) is 18.5 Å². The lowest BCUT2D eigenvalue weighted by Crippen LogP contribution is -2.41. The van der Waals surface area contributed by atoms with Gasteiger partial charge < -0.3 is 10.6 Å². The van der Waals surface area contributed by atoms with Crippen molar-refractivity contribution >= 4 is 11.3 Å². The van der Waals surface area contributed by atoms with Crippen molar-refractivity contribution in [1.29, 1.82) is 0 Å². The molecule has 1 saturated heterocycles. The van der Waals surface area contributed by atoms with Crippen molar-refractivity contribution in [1.82, 2.24) is 15.6 Å². The van der Waals surface area contributed by atoms with E-state index in [9.17, 15) is 0 Å². The molecule has 2 fully saturated rings. The third-order valence-electron chi connectivity index (χ3n) is 4.39. The van der Waals surface area contributed by atoms with Crippen LogP contribution in [0.1, 0.15) is 42.0 Å². The first-order chi connectivity index (χ1) is 8.83. The Morgan fingerprint density at radius 2 is 2.33 bits per heavy atom. The molecule has 0 aromatic carbocycles. The molecule has 2 aliphatic rings. The van der Waals surface area contributed by atoms with Gasteiger partial charge in [-0.15, -0.1) is 11.3 Å². The number of nitrogens with zero attached hydrogens (tertiary/aromatic N) is 1. The van der Waals surface area contributed by atoms with Crippen molar-refractivity contribution in [3.05, 3.63) is 16.1 Å². The summed E-state index contributed by atoms with van der Waals surface area (Å²) in [7, 11) is 0. The Labute approximate surface area is 113 Å². The van der Waals surface area contributed by atoms with Crippen LogP contribution in [0.2, 0.25) is 0 Å². The van der Waals surface area contributed by atoms with E-state index in [1.807, 2.05) is 17.5 Å². The second-order valence-corrected chi connectivity index (χ2v) is 6.95. The van der Waals surface area contributed by atoms with Crippen LogP contribution in [0, 0.1) is 12.8 Å². The first-order valence-electron chi connectivity index (χ1n) is 7.21. The number of aryl methyl sites for hydroxylation is 1. The maximum absolute atomic E-state index is 4.32. The SMILES string of the molecule is Cc1ncc(CNC2CCCC2C2CCCN2)s1. The highest BCUT2D eigenvalue weighted by atomic mass is 32.1. The van der Waals surface area contributed by atoms with Crippen LogP contribution in [0.3, 0.4) is 0 Å². The third-order valence-corrected chi connectivity index (χ3v) is 5.31. The summed E-state index contributed by atoms with van der Waals surface area (Å²) in [5.74, 6) is 0.849. The first-order valence-corrected chi connectivity index (χ1v) is 8.02. The van der Waals surface area contributed by atoms with E-state index in [0.29, 0.717) is 6.04 Å². The summed E-state index contributed by atoms with van der Waals surface area (Å²) in [6.45, 7) is 4.30. The Hall–Kier alpha value is -0.450. The van der Waals surface area contributed by atoms with Crippen molar-refractivity contribution < 1.29 is 0 Å². The second-order valence-electron chi connectivity index (χ2n) is 5.63. The molecule has 1 aromatic heterocycles. The molecule has 3 atom stereocenters. The molecule has 1 aliphatic heterocycles. The number of hydrogen-bond acceptors (Lipinski definition) is 4. The van der Waals surface area contributed by atoms with Crippen molar-refractivity contribution in [3.63, 3.8) is 0 Å². The van der Waals surface area contributed by atoms with Gasteiger partial charge in [-0.2, -0.15) is 0 Å². The molecule has 0 amide bonds. The molecule has 2 N–H and O–H groups in total. The lowest BCUT2D eigenvalue weighted by molar-refractivity contribution is 0.320. The monoisotopic (exact) mass is 265 g/mol. The van der Waals surface area contributed by atoms with Gasteiger partial charge in [0.25, 0.3) is 0 Å². The van der Waals surface area contributed by atoms with Gasteiger partial charge in [-0.1, -0.05) is 6.42 Å². The van der Waals surface area contributed by atoms with Crippen LogP contribution in [0.25, 0.3) is 0 Å². The molecule has 2 heterocycles. The largest absolute Gasteiger partial charge is 0.314 e. The van der Waals surface area contributed by atoms with Crippen molar-refractivity contribution in [2.45, 2.75) is 57.7 Å².